The van der Waals surface area contributed by atoms with Crippen molar-refractivity contribution < 1.29 is 41.9 Å². The Labute approximate surface area is 254 Å². The number of nitrogens with one attached hydrogen (secondary N) is 4. The second-order valence-corrected chi connectivity index (χ2v) is 13.8. The van der Waals surface area contributed by atoms with Gasteiger partial charge in [-0.25, -0.2) is 0 Å². The molecule has 11 nitrogen and oxygen atoms in total. The lowest BCUT2D eigenvalue weighted by atomic mass is 9.84. The van der Waals surface area contributed by atoms with Gasteiger partial charge in [-0.2, -0.15) is 13.2 Å². The minimum atomic E-state index is -5.18. The molecule has 5 aliphatic rings. The minimum absolute atomic E-state index is 0.0312. The smallest absolute Gasteiger partial charge is 0.356 e. The highest BCUT2D eigenvalue weighted by Gasteiger charge is 2.69. The fourth-order valence-corrected chi connectivity index (χ4v) is 7.52. The standard InChI is InChI=1S/C30H42F3N5O6/c1-29(2)18-14-38(27(43)20(37-28(44)30(31,32)33)12-15-6-4-3-5-7-15)22(21(18)29)25(41)36-19(13-16-10-11-34-24(16)40)23(39)26(42)35-17-8-9-17/h15-22H,3-14H2,1-2H3,(H,34,40)(H,35,42)(H,36,41)(H,37,44)/t16-,18-,19-,20-,21-,22-/m0/s1. The number of ketones is 1. The Kier molecular flexibility index (Phi) is 9.01. The number of nitrogens with zero attached hydrogens (tertiary/aromatic N) is 1. The SMILES string of the molecule is CC1(C)[C@@H]2[C@@H](C(=O)N[C@@H](C[C@@H]3CCNC3=O)C(=O)C(=O)NC3CC3)N(C(=O)[C@H](CC3CCCCC3)NC(=O)C(F)(F)F)C[C@@H]21. The van der Waals surface area contributed by atoms with Crippen LogP contribution in [-0.4, -0.2) is 83.7 Å². The number of alkyl halides is 3. The average molecular weight is 626 g/mol. The van der Waals surface area contributed by atoms with Crippen LogP contribution in [0.25, 0.3) is 0 Å². The van der Waals surface area contributed by atoms with Crippen LogP contribution in [0.2, 0.25) is 0 Å². The van der Waals surface area contributed by atoms with Gasteiger partial charge in [-0.15, -0.1) is 0 Å². The lowest BCUT2D eigenvalue weighted by Crippen LogP contribution is -2.59. The Balaban J connectivity index is 1.36. The van der Waals surface area contributed by atoms with Crippen LogP contribution in [-0.2, 0) is 28.8 Å². The van der Waals surface area contributed by atoms with Crippen molar-refractivity contribution in [3.05, 3.63) is 0 Å². The van der Waals surface area contributed by atoms with Gasteiger partial charge in [-0.1, -0.05) is 46.0 Å². The van der Waals surface area contributed by atoms with E-state index in [4.69, 9.17) is 0 Å². The molecule has 3 saturated carbocycles. The van der Waals surface area contributed by atoms with Crippen LogP contribution in [0, 0.1) is 29.1 Å². The van der Waals surface area contributed by atoms with E-state index in [0.29, 0.717) is 13.0 Å². The summed E-state index contributed by atoms with van der Waals surface area (Å²) in [6.45, 7) is 4.39. The van der Waals surface area contributed by atoms with Gasteiger partial charge in [-0.3, -0.25) is 28.8 Å². The number of amides is 5. The van der Waals surface area contributed by atoms with Crippen molar-refractivity contribution in [2.75, 3.05) is 13.1 Å². The van der Waals surface area contributed by atoms with E-state index in [9.17, 15) is 41.9 Å². The highest BCUT2D eigenvalue weighted by molar-refractivity contribution is 6.38. The molecule has 2 aliphatic heterocycles. The number of hydrogen-bond acceptors (Lipinski definition) is 6. The first-order valence-corrected chi connectivity index (χ1v) is 15.8. The van der Waals surface area contributed by atoms with Crippen molar-refractivity contribution in [2.45, 2.75) is 108 Å². The number of likely N-dealkylation sites (tertiary alicyclic amines) is 1. The van der Waals surface area contributed by atoms with Crippen molar-refractivity contribution >= 4 is 35.3 Å². The summed E-state index contributed by atoms with van der Waals surface area (Å²) in [5.41, 5.74) is -0.346. The summed E-state index contributed by atoms with van der Waals surface area (Å²) in [5.74, 6) is -6.78. The van der Waals surface area contributed by atoms with Gasteiger partial charge in [0.15, 0.2) is 0 Å². The van der Waals surface area contributed by atoms with Crippen LogP contribution in [0.15, 0.2) is 0 Å². The molecule has 2 heterocycles. The highest BCUT2D eigenvalue weighted by atomic mass is 19.4. The fraction of sp³-hybridized carbons (Fsp3) is 0.800. The molecular formula is C30H42F3N5O6. The van der Waals surface area contributed by atoms with Gasteiger partial charge in [0, 0.05) is 25.0 Å². The van der Waals surface area contributed by atoms with E-state index in [-0.39, 0.29) is 54.5 Å². The van der Waals surface area contributed by atoms with E-state index >= 15 is 0 Å². The van der Waals surface area contributed by atoms with Gasteiger partial charge in [0.05, 0.1) is 6.04 Å². The maximum absolute atomic E-state index is 13.9. The van der Waals surface area contributed by atoms with Crippen LogP contribution in [0.4, 0.5) is 13.2 Å². The van der Waals surface area contributed by atoms with Gasteiger partial charge in [-0.05, 0) is 55.3 Å². The normalized spacial score (nSPS) is 29.2. The molecule has 0 unspecified atom stereocenters. The number of Topliss-reactive ketones (excluding diaryl/α,β-unsaturated/α-hetero) is 1. The molecule has 4 N–H and O–H groups in total. The minimum Gasteiger partial charge on any atom is -0.356 e. The Morgan fingerprint density at radius 3 is 2.23 bits per heavy atom. The predicted octanol–water partition coefficient (Wildman–Crippen LogP) is 1.35. The molecule has 6 atom stereocenters. The van der Waals surface area contributed by atoms with Gasteiger partial charge < -0.3 is 26.2 Å². The molecular weight excluding hydrogens is 583 g/mol. The van der Waals surface area contributed by atoms with Gasteiger partial charge in [0.25, 0.3) is 5.91 Å². The molecule has 5 amide bonds. The fourth-order valence-electron chi connectivity index (χ4n) is 7.52. The first-order valence-electron chi connectivity index (χ1n) is 15.8. The summed E-state index contributed by atoms with van der Waals surface area (Å²) >= 11 is 0. The first kappa shape index (κ1) is 32.2. The molecule has 0 aromatic carbocycles. The Bertz CT molecular complexity index is 1200. The second-order valence-electron chi connectivity index (χ2n) is 13.8. The van der Waals surface area contributed by atoms with E-state index in [1.54, 1.807) is 0 Å². The quantitative estimate of drug-likeness (QED) is 0.254. The van der Waals surface area contributed by atoms with E-state index in [1.165, 1.54) is 4.90 Å². The predicted molar refractivity (Wildman–Crippen MR) is 149 cm³/mol. The number of carbonyl (C=O) groups excluding carboxylic acids is 6. The number of fused-ring (bicyclic) bond motifs is 1. The summed E-state index contributed by atoms with van der Waals surface area (Å²) in [5, 5.41) is 9.86. The van der Waals surface area contributed by atoms with Crippen molar-refractivity contribution in [3.63, 3.8) is 0 Å². The van der Waals surface area contributed by atoms with Crippen molar-refractivity contribution in [3.8, 4) is 0 Å². The zero-order chi connectivity index (χ0) is 32.0. The van der Waals surface area contributed by atoms with Crippen molar-refractivity contribution in [1.82, 2.24) is 26.2 Å². The maximum Gasteiger partial charge on any atom is 0.471 e. The number of carbonyl (C=O) groups is 6. The number of piperidine rings is 1. The van der Waals surface area contributed by atoms with Crippen molar-refractivity contribution in [2.24, 2.45) is 29.1 Å². The summed E-state index contributed by atoms with van der Waals surface area (Å²) in [6.07, 6.45) is 0.888. The summed E-state index contributed by atoms with van der Waals surface area (Å²) in [6, 6.07) is -4.01. The molecule has 0 aromatic rings. The molecule has 44 heavy (non-hydrogen) atoms. The van der Waals surface area contributed by atoms with Crippen molar-refractivity contribution in [1.29, 1.82) is 0 Å². The van der Waals surface area contributed by atoms with Crippen LogP contribution in [0.5, 0.6) is 0 Å². The molecule has 0 aromatic heterocycles. The average Bonchev–Trinajstić information content (AvgIpc) is 3.73. The molecule has 3 aliphatic carbocycles. The Morgan fingerprint density at radius 2 is 1.64 bits per heavy atom. The molecule has 14 heteroatoms. The molecule has 5 rings (SSSR count). The molecule has 0 spiro atoms. The Morgan fingerprint density at radius 1 is 0.955 bits per heavy atom. The topological polar surface area (TPSA) is 154 Å². The third-order valence-electron chi connectivity index (χ3n) is 10.4. The summed E-state index contributed by atoms with van der Waals surface area (Å²) < 4.78 is 39.8. The zero-order valence-corrected chi connectivity index (χ0v) is 25.1. The van der Waals surface area contributed by atoms with Crippen LogP contribution in [0.3, 0.4) is 0 Å². The summed E-state index contributed by atoms with van der Waals surface area (Å²) in [4.78, 5) is 79.4. The second kappa shape index (κ2) is 12.3. The number of hydrogen-bond donors (Lipinski definition) is 4. The maximum atomic E-state index is 13.9. The molecule has 0 bridgehead atoms. The first-order chi connectivity index (χ1) is 20.7. The third-order valence-corrected chi connectivity index (χ3v) is 10.4. The van der Waals surface area contributed by atoms with Crippen LogP contribution in [0.1, 0.15) is 78.1 Å². The van der Waals surface area contributed by atoms with Crippen LogP contribution >= 0.6 is 0 Å². The van der Waals surface area contributed by atoms with E-state index in [1.807, 2.05) is 19.2 Å². The monoisotopic (exact) mass is 625 g/mol. The number of rotatable bonds is 11. The lowest BCUT2D eigenvalue weighted by Gasteiger charge is -2.35. The van der Waals surface area contributed by atoms with Crippen LogP contribution < -0.4 is 21.3 Å². The zero-order valence-electron chi connectivity index (χ0n) is 25.1. The van der Waals surface area contributed by atoms with E-state index in [0.717, 1.165) is 44.9 Å². The molecule has 2 saturated heterocycles. The van der Waals surface area contributed by atoms with E-state index < -0.39 is 59.6 Å². The van der Waals surface area contributed by atoms with E-state index in [2.05, 4.69) is 16.0 Å². The molecule has 244 valence electrons. The van der Waals surface area contributed by atoms with Gasteiger partial charge >= 0.3 is 12.1 Å². The summed E-state index contributed by atoms with van der Waals surface area (Å²) in [7, 11) is 0. The largest absolute Gasteiger partial charge is 0.471 e. The third kappa shape index (κ3) is 6.88. The number of halogens is 3. The van der Waals surface area contributed by atoms with Gasteiger partial charge in [0.2, 0.25) is 23.5 Å². The molecule has 0 radical (unpaired) electrons. The lowest BCUT2D eigenvalue weighted by molar-refractivity contribution is -0.175. The highest BCUT2D eigenvalue weighted by Crippen LogP contribution is 2.65. The van der Waals surface area contributed by atoms with Gasteiger partial charge in [0.1, 0.15) is 12.1 Å². The Hall–Kier alpha value is -3.19. The molecule has 5 fully saturated rings.